The van der Waals surface area contributed by atoms with Crippen molar-refractivity contribution in [3.63, 3.8) is 0 Å². The lowest BCUT2D eigenvalue weighted by molar-refractivity contribution is 0.284. The Morgan fingerprint density at radius 3 is 2.48 bits per heavy atom. The van der Waals surface area contributed by atoms with Gasteiger partial charge in [0.25, 0.3) is 0 Å². The van der Waals surface area contributed by atoms with E-state index in [0.717, 1.165) is 30.2 Å². The summed E-state index contributed by atoms with van der Waals surface area (Å²) in [5.74, 6) is 1.50. The molecule has 0 aliphatic carbocycles. The van der Waals surface area contributed by atoms with Crippen LogP contribution in [0.25, 0.3) is 0 Å². The van der Waals surface area contributed by atoms with Gasteiger partial charge in [-0.2, -0.15) is 0 Å². The second-order valence-electron chi connectivity index (χ2n) is 6.49. The van der Waals surface area contributed by atoms with Crippen LogP contribution in [0.1, 0.15) is 50.2 Å². The predicted octanol–water partition coefficient (Wildman–Crippen LogP) is 6.41. The van der Waals surface area contributed by atoms with Gasteiger partial charge in [0.1, 0.15) is 6.61 Å². The Bertz CT molecular complexity index is 665. The molecule has 0 spiro atoms. The van der Waals surface area contributed by atoms with Crippen LogP contribution in [0.2, 0.25) is 5.02 Å². The Labute approximate surface area is 174 Å². The predicted molar refractivity (Wildman–Crippen MR) is 116 cm³/mol. The minimum absolute atomic E-state index is 0. The third-order valence-corrected chi connectivity index (χ3v) is 4.53. The number of benzene rings is 2. The topological polar surface area (TPSA) is 30.5 Å². The molecule has 0 saturated heterocycles. The van der Waals surface area contributed by atoms with Gasteiger partial charge in [-0.15, -0.1) is 12.4 Å². The summed E-state index contributed by atoms with van der Waals surface area (Å²) in [6.07, 6.45) is 6.51. The fraction of sp³-hybridized carbons (Fsp3) is 0.455. The van der Waals surface area contributed by atoms with Crippen LogP contribution >= 0.6 is 24.0 Å². The van der Waals surface area contributed by atoms with Crippen LogP contribution in [0, 0.1) is 0 Å². The van der Waals surface area contributed by atoms with E-state index in [-0.39, 0.29) is 12.4 Å². The highest BCUT2D eigenvalue weighted by molar-refractivity contribution is 6.30. The Balaban J connectivity index is 0.00000364. The quantitative estimate of drug-likeness (QED) is 0.409. The second kappa shape index (κ2) is 13.7. The minimum Gasteiger partial charge on any atom is -0.493 e. The molecule has 1 N–H and O–H groups in total. The van der Waals surface area contributed by atoms with Gasteiger partial charge in [0.15, 0.2) is 11.5 Å². The standard InChI is InChI=1S/C22H30ClNO2.ClH/c1-3-4-5-6-7-13-24-16-18-11-12-21(22(15-18)25-2)26-17-19-9-8-10-20(23)14-19;/h8-12,14-15,24H,3-7,13,16-17H2,1-2H3;1H. The molecule has 2 rings (SSSR count). The third kappa shape index (κ3) is 8.87. The molecule has 0 aliphatic heterocycles. The van der Waals surface area contributed by atoms with Crippen LogP contribution in [0.3, 0.4) is 0 Å². The van der Waals surface area contributed by atoms with Gasteiger partial charge in [0, 0.05) is 11.6 Å². The van der Waals surface area contributed by atoms with Crippen molar-refractivity contribution >= 4 is 24.0 Å². The molecule has 3 nitrogen and oxygen atoms in total. The summed E-state index contributed by atoms with van der Waals surface area (Å²) in [6, 6.07) is 13.8. The first-order valence-electron chi connectivity index (χ1n) is 9.47. The highest BCUT2D eigenvalue weighted by Gasteiger charge is 2.06. The molecule has 0 bridgehead atoms. The van der Waals surface area contributed by atoms with E-state index in [2.05, 4.69) is 18.3 Å². The van der Waals surface area contributed by atoms with Gasteiger partial charge in [0.05, 0.1) is 7.11 Å². The number of hydrogen-bond donors (Lipinski definition) is 1. The summed E-state index contributed by atoms with van der Waals surface area (Å²) >= 11 is 6.01. The maximum atomic E-state index is 6.01. The SMILES string of the molecule is CCCCCCCNCc1ccc(OCc2cccc(Cl)c2)c(OC)c1.Cl. The molecule has 0 radical (unpaired) electrons. The normalized spacial score (nSPS) is 10.3. The van der Waals surface area contributed by atoms with Gasteiger partial charge in [-0.25, -0.2) is 0 Å². The van der Waals surface area contributed by atoms with Gasteiger partial charge in [0.2, 0.25) is 0 Å². The van der Waals surface area contributed by atoms with Gasteiger partial charge in [-0.3, -0.25) is 0 Å². The maximum absolute atomic E-state index is 6.01. The summed E-state index contributed by atoms with van der Waals surface area (Å²) in [5, 5.41) is 4.22. The molecular formula is C22H31Cl2NO2. The molecule has 0 aromatic heterocycles. The molecule has 2 aromatic rings. The van der Waals surface area contributed by atoms with Gasteiger partial charge >= 0.3 is 0 Å². The van der Waals surface area contributed by atoms with Gasteiger partial charge in [-0.1, -0.05) is 62.4 Å². The van der Waals surface area contributed by atoms with Gasteiger partial charge < -0.3 is 14.8 Å². The van der Waals surface area contributed by atoms with Crippen molar-refractivity contribution in [1.82, 2.24) is 5.32 Å². The van der Waals surface area contributed by atoms with Crippen LogP contribution in [-0.4, -0.2) is 13.7 Å². The van der Waals surface area contributed by atoms with E-state index in [0.29, 0.717) is 11.6 Å². The van der Waals surface area contributed by atoms with Crippen molar-refractivity contribution in [3.8, 4) is 11.5 Å². The first kappa shape index (κ1) is 23.6. The molecule has 0 amide bonds. The smallest absolute Gasteiger partial charge is 0.161 e. The van der Waals surface area contributed by atoms with E-state index in [1.807, 2.05) is 36.4 Å². The summed E-state index contributed by atoms with van der Waals surface area (Å²) in [4.78, 5) is 0. The zero-order valence-corrected chi connectivity index (χ0v) is 17.9. The fourth-order valence-corrected chi connectivity index (χ4v) is 3.03. The number of ether oxygens (including phenoxy) is 2. The molecule has 150 valence electrons. The first-order chi connectivity index (χ1) is 12.7. The zero-order valence-electron chi connectivity index (χ0n) is 16.3. The monoisotopic (exact) mass is 411 g/mol. The average Bonchev–Trinajstić information content (AvgIpc) is 2.66. The lowest BCUT2D eigenvalue weighted by atomic mass is 10.1. The lowest BCUT2D eigenvalue weighted by Gasteiger charge is -2.13. The molecule has 5 heteroatoms. The van der Waals surface area contributed by atoms with E-state index in [1.54, 1.807) is 7.11 Å². The van der Waals surface area contributed by atoms with Crippen LogP contribution in [0.15, 0.2) is 42.5 Å². The van der Waals surface area contributed by atoms with Crippen molar-refractivity contribution in [3.05, 3.63) is 58.6 Å². The number of methoxy groups -OCH3 is 1. The fourth-order valence-electron chi connectivity index (χ4n) is 2.82. The highest BCUT2D eigenvalue weighted by Crippen LogP contribution is 2.29. The Hall–Kier alpha value is -1.42. The molecule has 2 aromatic carbocycles. The summed E-state index contributed by atoms with van der Waals surface area (Å²) in [6.45, 7) is 4.61. The largest absolute Gasteiger partial charge is 0.493 e. The van der Waals surface area contributed by atoms with E-state index < -0.39 is 0 Å². The highest BCUT2D eigenvalue weighted by atomic mass is 35.5. The lowest BCUT2D eigenvalue weighted by Crippen LogP contribution is -2.14. The molecule has 0 fully saturated rings. The Kier molecular flexibility index (Phi) is 12.0. The maximum Gasteiger partial charge on any atom is 0.161 e. The van der Waals surface area contributed by atoms with Crippen LogP contribution in [0.4, 0.5) is 0 Å². The molecule has 0 aliphatic rings. The number of nitrogens with one attached hydrogen (secondary N) is 1. The number of unbranched alkanes of at least 4 members (excludes halogenated alkanes) is 4. The summed E-state index contributed by atoms with van der Waals surface area (Å²) in [5.41, 5.74) is 2.24. The molecular weight excluding hydrogens is 381 g/mol. The van der Waals surface area contributed by atoms with E-state index in [4.69, 9.17) is 21.1 Å². The van der Waals surface area contributed by atoms with Crippen LogP contribution < -0.4 is 14.8 Å². The van der Waals surface area contributed by atoms with Crippen molar-refractivity contribution in [1.29, 1.82) is 0 Å². The van der Waals surface area contributed by atoms with E-state index in [1.165, 1.54) is 37.7 Å². The molecule has 0 heterocycles. The Morgan fingerprint density at radius 1 is 0.926 bits per heavy atom. The van der Waals surface area contributed by atoms with Gasteiger partial charge in [-0.05, 0) is 48.4 Å². The van der Waals surface area contributed by atoms with Crippen molar-refractivity contribution in [2.45, 2.75) is 52.2 Å². The average molecular weight is 412 g/mol. The van der Waals surface area contributed by atoms with Crippen molar-refractivity contribution < 1.29 is 9.47 Å². The number of hydrogen-bond acceptors (Lipinski definition) is 3. The first-order valence-corrected chi connectivity index (χ1v) is 9.85. The molecule has 0 unspecified atom stereocenters. The minimum atomic E-state index is 0. The molecule has 0 saturated carbocycles. The van der Waals surface area contributed by atoms with E-state index in [9.17, 15) is 0 Å². The summed E-state index contributed by atoms with van der Waals surface area (Å²) < 4.78 is 11.4. The number of halogens is 2. The third-order valence-electron chi connectivity index (χ3n) is 4.30. The zero-order chi connectivity index (χ0) is 18.6. The second-order valence-corrected chi connectivity index (χ2v) is 6.93. The van der Waals surface area contributed by atoms with Crippen molar-refractivity contribution in [2.75, 3.05) is 13.7 Å². The molecule has 0 atom stereocenters. The van der Waals surface area contributed by atoms with Crippen LogP contribution in [-0.2, 0) is 13.2 Å². The van der Waals surface area contributed by atoms with Crippen LogP contribution in [0.5, 0.6) is 11.5 Å². The Morgan fingerprint density at radius 2 is 1.74 bits per heavy atom. The van der Waals surface area contributed by atoms with E-state index >= 15 is 0 Å². The molecule has 27 heavy (non-hydrogen) atoms. The summed E-state index contributed by atoms with van der Waals surface area (Å²) in [7, 11) is 1.67. The van der Waals surface area contributed by atoms with Crippen molar-refractivity contribution in [2.24, 2.45) is 0 Å². The number of rotatable bonds is 12.